The summed E-state index contributed by atoms with van der Waals surface area (Å²) >= 11 is 0. The predicted octanol–water partition coefficient (Wildman–Crippen LogP) is 0.492. The molecule has 166 valence electrons. The molecule has 0 radical (unpaired) electrons. The minimum atomic E-state index is -1.53. The Morgan fingerprint density at radius 1 is 1.03 bits per heavy atom. The minimum absolute atomic E-state index is 0.0286. The van der Waals surface area contributed by atoms with Crippen molar-refractivity contribution in [2.24, 2.45) is 11.8 Å². The average Bonchev–Trinajstić information content (AvgIpc) is 2.66. The molecule has 29 heavy (non-hydrogen) atoms. The fourth-order valence-electron chi connectivity index (χ4n) is 4.30. The number of aliphatic hydroxyl groups is 4. The van der Waals surface area contributed by atoms with Crippen LogP contribution in [-0.4, -0.2) is 75.4 Å². The van der Waals surface area contributed by atoms with Crippen LogP contribution in [0.3, 0.4) is 0 Å². The van der Waals surface area contributed by atoms with Gasteiger partial charge < -0.3 is 29.9 Å². The van der Waals surface area contributed by atoms with Gasteiger partial charge in [0, 0.05) is 5.92 Å². The maximum absolute atomic E-state index is 12.3. The van der Waals surface area contributed by atoms with Gasteiger partial charge in [0.15, 0.2) is 12.1 Å². The van der Waals surface area contributed by atoms with E-state index in [4.69, 9.17) is 9.47 Å². The summed E-state index contributed by atoms with van der Waals surface area (Å²) in [5.74, 6) is -0.341. The van der Waals surface area contributed by atoms with E-state index >= 15 is 0 Å². The van der Waals surface area contributed by atoms with E-state index in [-0.39, 0.29) is 17.5 Å². The van der Waals surface area contributed by atoms with Crippen molar-refractivity contribution in [1.29, 1.82) is 0 Å². The number of Topliss-reactive ketones (excluding diaryl/α,β-unsaturated/α-hetero) is 2. The average molecular weight is 414 g/mol. The van der Waals surface area contributed by atoms with Gasteiger partial charge in [-0.1, -0.05) is 12.5 Å². The lowest BCUT2D eigenvalue weighted by Crippen LogP contribution is -2.60. The van der Waals surface area contributed by atoms with Crippen LogP contribution in [0.4, 0.5) is 0 Å². The summed E-state index contributed by atoms with van der Waals surface area (Å²) in [5, 5.41) is 39.5. The Labute approximate surface area is 171 Å². The van der Waals surface area contributed by atoms with Gasteiger partial charge >= 0.3 is 0 Å². The van der Waals surface area contributed by atoms with E-state index in [9.17, 15) is 30.0 Å². The summed E-state index contributed by atoms with van der Waals surface area (Å²) in [6.45, 7) is 6.35. The second-order valence-electron chi connectivity index (χ2n) is 8.31. The molecule has 1 saturated carbocycles. The van der Waals surface area contributed by atoms with Crippen molar-refractivity contribution in [2.75, 3.05) is 6.61 Å². The summed E-state index contributed by atoms with van der Waals surface area (Å²) in [6, 6.07) is 0. The van der Waals surface area contributed by atoms with Gasteiger partial charge in [0.25, 0.3) is 0 Å². The van der Waals surface area contributed by atoms with Crippen molar-refractivity contribution in [1.82, 2.24) is 0 Å². The van der Waals surface area contributed by atoms with Crippen LogP contribution in [0, 0.1) is 11.8 Å². The van der Waals surface area contributed by atoms with Crippen molar-refractivity contribution < 1.29 is 39.5 Å². The Morgan fingerprint density at radius 2 is 1.69 bits per heavy atom. The van der Waals surface area contributed by atoms with E-state index < -0.39 is 49.3 Å². The Morgan fingerprint density at radius 3 is 2.24 bits per heavy atom. The van der Waals surface area contributed by atoms with Gasteiger partial charge in [-0.05, 0) is 57.9 Å². The molecule has 0 aromatic rings. The molecule has 2 fully saturated rings. The van der Waals surface area contributed by atoms with Crippen molar-refractivity contribution in [3.05, 3.63) is 11.1 Å². The fourth-order valence-corrected chi connectivity index (χ4v) is 4.30. The van der Waals surface area contributed by atoms with Crippen molar-refractivity contribution in [3.63, 3.8) is 0 Å². The molecule has 1 aliphatic heterocycles. The van der Waals surface area contributed by atoms with E-state index in [2.05, 4.69) is 0 Å². The molecule has 2 rings (SSSR count). The molecule has 0 bridgehead atoms. The SMILES string of the molecule is CC(=O)C(C)=C1CCC(C(C)=O)C(OC2OC(CO)C(O)C(O)C2O)CCC1C. The quantitative estimate of drug-likeness (QED) is 0.478. The highest BCUT2D eigenvalue weighted by Gasteiger charge is 2.45. The van der Waals surface area contributed by atoms with Crippen molar-refractivity contribution in [3.8, 4) is 0 Å². The molecule has 0 aromatic carbocycles. The first kappa shape index (κ1) is 24.1. The van der Waals surface area contributed by atoms with E-state index in [0.717, 1.165) is 11.1 Å². The summed E-state index contributed by atoms with van der Waals surface area (Å²) in [6.07, 6.45) is -5.06. The lowest BCUT2D eigenvalue weighted by molar-refractivity contribution is -0.314. The summed E-state index contributed by atoms with van der Waals surface area (Å²) in [7, 11) is 0. The maximum Gasteiger partial charge on any atom is 0.186 e. The number of carbonyl (C=O) groups excluding carboxylic acids is 2. The second-order valence-corrected chi connectivity index (χ2v) is 8.31. The van der Waals surface area contributed by atoms with Gasteiger partial charge in [-0.15, -0.1) is 0 Å². The molecule has 0 aromatic heterocycles. The Kier molecular flexibility index (Phi) is 8.51. The van der Waals surface area contributed by atoms with Crippen LogP contribution < -0.4 is 0 Å². The van der Waals surface area contributed by atoms with Crippen LogP contribution in [0.15, 0.2) is 11.1 Å². The van der Waals surface area contributed by atoms with Gasteiger partial charge in [0.1, 0.15) is 30.2 Å². The first-order chi connectivity index (χ1) is 13.6. The predicted molar refractivity (Wildman–Crippen MR) is 104 cm³/mol. The van der Waals surface area contributed by atoms with E-state index in [0.29, 0.717) is 25.7 Å². The molecule has 8 atom stereocenters. The third kappa shape index (κ3) is 5.51. The zero-order valence-electron chi connectivity index (χ0n) is 17.6. The molecule has 4 N–H and O–H groups in total. The highest BCUT2D eigenvalue weighted by Crippen LogP contribution is 2.35. The molecule has 8 heteroatoms. The lowest BCUT2D eigenvalue weighted by Gasteiger charge is -2.42. The standard InChI is InChI=1S/C21H34O8/c1-10-5-8-16(15(13(4)24)7-6-14(10)11(2)12(3)23)28-21-20(27)19(26)18(25)17(9-22)29-21/h10,15-22,25-27H,5-9H2,1-4H3. The van der Waals surface area contributed by atoms with E-state index in [1.807, 2.05) is 13.8 Å². The molecule has 8 unspecified atom stereocenters. The minimum Gasteiger partial charge on any atom is -0.394 e. The number of hydrogen-bond acceptors (Lipinski definition) is 8. The Balaban J connectivity index is 2.20. The highest BCUT2D eigenvalue weighted by atomic mass is 16.7. The Hall–Kier alpha value is -1.16. The molecule has 1 saturated heterocycles. The fraction of sp³-hybridized carbons (Fsp3) is 0.810. The maximum atomic E-state index is 12.3. The zero-order chi connectivity index (χ0) is 21.9. The number of aliphatic hydroxyl groups excluding tert-OH is 4. The van der Waals surface area contributed by atoms with Crippen LogP contribution in [0.2, 0.25) is 0 Å². The summed E-state index contributed by atoms with van der Waals surface area (Å²) in [4.78, 5) is 24.2. The molecule has 2 aliphatic rings. The molecule has 8 nitrogen and oxygen atoms in total. The smallest absolute Gasteiger partial charge is 0.186 e. The number of ketones is 2. The molecule has 0 spiro atoms. The van der Waals surface area contributed by atoms with Crippen LogP contribution >= 0.6 is 0 Å². The van der Waals surface area contributed by atoms with Crippen LogP contribution in [0.5, 0.6) is 0 Å². The molecular formula is C21H34O8. The Bertz CT molecular complexity index is 628. The molecule has 0 amide bonds. The number of hydrogen-bond donors (Lipinski definition) is 4. The summed E-state index contributed by atoms with van der Waals surface area (Å²) in [5.41, 5.74) is 1.81. The second kappa shape index (κ2) is 10.2. The first-order valence-electron chi connectivity index (χ1n) is 10.2. The van der Waals surface area contributed by atoms with Gasteiger partial charge in [-0.25, -0.2) is 0 Å². The number of ether oxygens (including phenoxy) is 2. The van der Waals surface area contributed by atoms with Gasteiger partial charge in [0.05, 0.1) is 12.7 Å². The number of carbonyl (C=O) groups is 2. The third-order valence-corrected chi connectivity index (χ3v) is 6.34. The van der Waals surface area contributed by atoms with Crippen molar-refractivity contribution >= 4 is 11.6 Å². The van der Waals surface area contributed by atoms with Crippen molar-refractivity contribution in [2.45, 2.75) is 90.2 Å². The van der Waals surface area contributed by atoms with Crippen LogP contribution in [-0.2, 0) is 19.1 Å². The van der Waals surface area contributed by atoms with Gasteiger partial charge in [-0.3, -0.25) is 9.59 Å². The molecular weight excluding hydrogens is 380 g/mol. The normalized spacial score (nSPS) is 40.7. The number of allylic oxidation sites excluding steroid dienone is 2. The zero-order valence-corrected chi connectivity index (χ0v) is 17.6. The monoisotopic (exact) mass is 414 g/mol. The van der Waals surface area contributed by atoms with E-state index in [1.165, 1.54) is 6.92 Å². The van der Waals surface area contributed by atoms with Crippen LogP contribution in [0.1, 0.15) is 53.4 Å². The summed E-state index contributed by atoms with van der Waals surface area (Å²) < 4.78 is 11.4. The number of rotatable bonds is 5. The van der Waals surface area contributed by atoms with E-state index in [1.54, 1.807) is 6.92 Å². The van der Waals surface area contributed by atoms with Crippen LogP contribution in [0.25, 0.3) is 0 Å². The third-order valence-electron chi connectivity index (χ3n) is 6.34. The lowest BCUT2D eigenvalue weighted by atomic mass is 9.78. The van der Waals surface area contributed by atoms with Gasteiger partial charge in [0.2, 0.25) is 0 Å². The topological polar surface area (TPSA) is 134 Å². The molecule has 1 aliphatic carbocycles. The molecule has 1 heterocycles. The largest absolute Gasteiger partial charge is 0.394 e. The highest BCUT2D eigenvalue weighted by molar-refractivity contribution is 5.93. The van der Waals surface area contributed by atoms with Gasteiger partial charge in [-0.2, -0.15) is 0 Å². The first-order valence-corrected chi connectivity index (χ1v) is 10.2.